The molecular weight excluding hydrogens is 332 g/mol. The van der Waals surface area contributed by atoms with Crippen LogP contribution in [0.5, 0.6) is 0 Å². The van der Waals surface area contributed by atoms with Crippen molar-refractivity contribution >= 4 is 38.7 Å². The first kappa shape index (κ1) is 14.6. The summed E-state index contributed by atoms with van der Waals surface area (Å²) in [7, 11) is 1.90. The number of fused-ring (bicyclic) bond motifs is 4. The maximum absolute atomic E-state index is 13.0. The average Bonchev–Trinajstić information content (AvgIpc) is 3.26. The summed E-state index contributed by atoms with van der Waals surface area (Å²) in [5, 5.41) is 6.31. The molecule has 5 rings (SSSR count). The van der Waals surface area contributed by atoms with E-state index in [0.29, 0.717) is 12.1 Å². The predicted molar refractivity (Wildman–Crippen MR) is 101 cm³/mol. The van der Waals surface area contributed by atoms with E-state index in [1.54, 1.807) is 22.2 Å². The third kappa shape index (κ3) is 2.10. The Morgan fingerprint density at radius 2 is 2.20 bits per heavy atom. The fourth-order valence-corrected chi connectivity index (χ4v) is 4.55. The van der Waals surface area contributed by atoms with Gasteiger partial charge in [-0.3, -0.25) is 4.79 Å². The van der Waals surface area contributed by atoms with E-state index in [9.17, 15) is 4.79 Å². The van der Waals surface area contributed by atoms with Gasteiger partial charge in [-0.1, -0.05) is 30.4 Å². The lowest BCUT2D eigenvalue weighted by molar-refractivity contribution is 0.643. The molecular formula is C19H16N4OS. The van der Waals surface area contributed by atoms with E-state index in [0.717, 1.165) is 32.7 Å². The summed E-state index contributed by atoms with van der Waals surface area (Å²) in [5.74, 6) is 0. The van der Waals surface area contributed by atoms with Crippen LogP contribution in [0.15, 0.2) is 35.3 Å². The molecule has 1 aliphatic rings. The molecule has 0 saturated carbocycles. The van der Waals surface area contributed by atoms with Gasteiger partial charge in [0.2, 0.25) is 0 Å². The number of benzene rings is 1. The molecule has 0 spiro atoms. The van der Waals surface area contributed by atoms with Gasteiger partial charge < -0.3 is 4.57 Å². The van der Waals surface area contributed by atoms with Gasteiger partial charge in [0.1, 0.15) is 5.52 Å². The van der Waals surface area contributed by atoms with Crippen molar-refractivity contribution in [3.8, 4) is 0 Å². The Morgan fingerprint density at radius 1 is 1.32 bits per heavy atom. The normalized spacial score (nSPS) is 13.2. The van der Waals surface area contributed by atoms with E-state index in [1.807, 2.05) is 18.5 Å². The highest BCUT2D eigenvalue weighted by Crippen LogP contribution is 2.30. The Morgan fingerprint density at radius 3 is 3.08 bits per heavy atom. The molecule has 3 heterocycles. The molecule has 0 N–H and O–H groups in total. The third-order valence-electron chi connectivity index (χ3n) is 4.81. The lowest BCUT2D eigenvalue weighted by atomic mass is 10.1. The third-order valence-corrected chi connectivity index (χ3v) is 5.80. The van der Waals surface area contributed by atoms with Gasteiger partial charge in [0.25, 0.3) is 5.56 Å². The Hall–Kier alpha value is -2.73. The fraction of sp³-hybridized carbons (Fsp3) is 0.211. The van der Waals surface area contributed by atoms with Gasteiger partial charge in [-0.15, -0.1) is 11.3 Å². The number of allylic oxidation sites excluding steroid dienone is 1. The molecule has 25 heavy (non-hydrogen) atoms. The largest absolute Gasteiger partial charge is 0.323 e. The molecule has 0 amide bonds. The highest BCUT2D eigenvalue weighted by molar-refractivity contribution is 7.19. The number of hydrogen-bond acceptors (Lipinski definition) is 4. The van der Waals surface area contributed by atoms with E-state index in [2.05, 4.69) is 40.4 Å². The maximum Gasteiger partial charge on any atom is 0.291 e. The molecule has 0 atom stereocenters. The summed E-state index contributed by atoms with van der Waals surface area (Å²) in [6, 6.07) is 6.35. The summed E-state index contributed by atoms with van der Waals surface area (Å²) in [5.41, 5.74) is 5.14. The molecule has 4 aromatic rings. The molecule has 0 unspecified atom stereocenters. The zero-order valence-corrected chi connectivity index (χ0v) is 14.8. The minimum absolute atomic E-state index is 0.0681. The van der Waals surface area contributed by atoms with Crippen molar-refractivity contribution in [2.45, 2.75) is 19.9 Å². The Balaban J connectivity index is 1.64. The van der Waals surface area contributed by atoms with Crippen LogP contribution < -0.4 is 5.56 Å². The van der Waals surface area contributed by atoms with Gasteiger partial charge in [0.05, 0.1) is 22.4 Å². The number of rotatable bonds is 2. The van der Waals surface area contributed by atoms with Gasteiger partial charge in [-0.05, 0) is 30.0 Å². The summed E-state index contributed by atoms with van der Waals surface area (Å²) < 4.78 is 4.47. The lowest BCUT2D eigenvalue weighted by Gasteiger charge is -2.07. The number of nitrogens with zero attached hydrogens (tertiary/aromatic N) is 4. The summed E-state index contributed by atoms with van der Waals surface area (Å²) >= 11 is 1.61. The molecule has 0 fully saturated rings. The average molecular weight is 348 g/mol. The molecule has 1 aromatic carbocycles. The van der Waals surface area contributed by atoms with Crippen molar-refractivity contribution in [3.05, 3.63) is 62.5 Å². The van der Waals surface area contributed by atoms with E-state index in [-0.39, 0.29) is 5.56 Å². The van der Waals surface area contributed by atoms with E-state index in [4.69, 9.17) is 0 Å². The second-order valence-corrected chi connectivity index (χ2v) is 7.66. The quantitative estimate of drug-likeness (QED) is 0.559. The molecule has 0 bridgehead atoms. The molecule has 0 radical (unpaired) electrons. The van der Waals surface area contributed by atoms with Crippen LogP contribution in [0.4, 0.5) is 0 Å². The zero-order chi connectivity index (χ0) is 17.1. The van der Waals surface area contributed by atoms with Crippen molar-refractivity contribution in [1.29, 1.82) is 0 Å². The monoisotopic (exact) mass is 348 g/mol. The second-order valence-electron chi connectivity index (χ2n) is 6.45. The Labute approximate surface area is 147 Å². The van der Waals surface area contributed by atoms with E-state index < -0.39 is 0 Å². The molecule has 6 heteroatoms. The van der Waals surface area contributed by atoms with Crippen LogP contribution in [0.3, 0.4) is 0 Å². The van der Waals surface area contributed by atoms with Crippen molar-refractivity contribution in [3.63, 3.8) is 0 Å². The number of aryl methyl sites for hydroxylation is 2. The Bertz CT molecular complexity index is 1240. The van der Waals surface area contributed by atoms with Gasteiger partial charge >= 0.3 is 0 Å². The van der Waals surface area contributed by atoms with Crippen LogP contribution in [0, 0.1) is 6.92 Å². The van der Waals surface area contributed by atoms with Crippen molar-refractivity contribution < 1.29 is 0 Å². The molecule has 124 valence electrons. The zero-order valence-electron chi connectivity index (χ0n) is 14.0. The van der Waals surface area contributed by atoms with Crippen LogP contribution in [0.1, 0.15) is 21.7 Å². The SMILES string of the molecule is Cc1nc2c(s1)c1cnn(Cc3ccc4c(c3)CC=C4)c(=O)c1n2C. The van der Waals surface area contributed by atoms with E-state index in [1.165, 1.54) is 11.1 Å². The van der Waals surface area contributed by atoms with Crippen LogP contribution in [-0.4, -0.2) is 19.3 Å². The minimum Gasteiger partial charge on any atom is -0.323 e. The van der Waals surface area contributed by atoms with Crippen molar-refractivity contribution in [2.24, 2.45) is 7.05 Å². The van der Waals surface area contributed by atoms with Gasteiger partial charge in [-0.25, -0.2) is 9.67 Å². The van der Waals surface area contributed by atoms with Crippen molar-refractivity contribution in [1.82, 2.24) is 19.3 Å². The van der Waals surface area contributed by atoms with Crippen LogP contribution in [0.25, 0.3) is 27.3 Å². The maximum atomic E-state index is 13.0. The topological polar surface area (TPSA) is 52.7 Å². The standard InChI is InChI=1S/C19H16N4OS/c1-11-21-18-17(25-11)15-9-20-23(19(24)16(15)22(18)2)10-12-6-7-13-4-3-5-14(13)8-12/h3-4,6-9H,5,10H2,1-2H3. The second kappa shape index (κ2) is 5.13. The molecule has 5 nitrogen and oxygen atoms in total. The highest BCUT2D eigenvalue weighted by atomic mass is 32.1. The summed E-state index contributed by atoms with van der Waals surface area (Å²) in [6.45, 7) is 2.46. The minimum atomic E-state index is -0.0681. The summed E-state index contributed by atoms with van der Waals surface area (Å²) in [6.07, 6.45) is 7.06. The fourth-order valence-electron chi connectivity index (χ4n) is 3.59. The molecule has 3 aromatic heterocycles. The highest BCUT2D eigenvalue weighted by Gasteiger charge is 2.17. The molecule has 0 saturated heterocycles. The van der Waals surface area contributed by atoms with Gasteiger partial charge in [-0.2, -0.15) is 5.10 Å². The van der Waals surface area contributed by atoms with Crippen LogP contribution in [-0.2, 0) is 20.0 Å². The Kier molecular flexibility index (Phi) is 3.00. The number of hydrogen-bond donors (Lipinski definition) is 0. The van der Waals surface area contributed by atoms with Gasteiger partial charge in [0, 0.05) is 12.4 Å². The first-order chi connectivity index (χ1) is 12.1. The first-order valence-electron chi connectivity index (χ1n) is 8.22. The summed E-state index contributed by atoms with van der Waals surface area (Å²) in [4.78, 5) is 17.5. The first-order valence-corrected chi connectivity index (χ1v) is 9.03. The van der Waals surface area contributed by atoms with Gasteiger partial charge in [0.15, 0.2) is 5.65 Å². The van der Waals surface area contributed by atoms with Crippen LogP contribution in [0.2, 0.25) is 0 Å². The van der Waals surface area contributed by atoms with Crippen molar-refractivity contribution in [2.75, 3.05) is 0 Å². The number of thiazole rings is 1. The van der Waals surface area contributed by atoms with Crippen LogP contribution >= 0.6 is 11.3 Å². The molecule has 0 aliphatic heterocycles. The lowest BCUT2D eigenvalue weighted by Crippen LogP contribution is -2.24. The number of aromatic nitrogens is 4. The smallest absolute Gasteiger partial charge is 0.291 e. The van der Waals surface area contributed by atoms with E-state index >= 15 is 0 Å². The predicted octanol–water partition coefficient (Wildman–Crippen LogP) is 3.27. The molecule has 1 aliphatic carbocycles.